The number of carbonyl (C=O) groups is 1. The molecule has 0 unspecified atom stereocenters. The van der Waals surface area contributed by atoms with E-state index in [9.17, 15) is 4.79 Å². The third kappa shape index (κ3) is 4.84. The van der Waals surface area contributed by atoms with Crippen molar-refractivity contribution in [2.24, 2.45) is 0 Å². The number of anilines is 2. The van der Waals surface area contributed by atoms with Gasteiger partial charge in [-0.3, -0.25) is 9.78 Å². The highest BCUT2D eigenvalue weighted by Crippen LogP contribution is 2.18. The minimum absolute atomic E-state index is 0.256. The second-order valence-corrected chi connectivity index (χ2v) is 6.28. The highest BCUT2D eigenvalue weighted by Gasteiger charge is 2.10. The lowest BCUT2D eigenvalue weighted by atomic mass is 10.2. The number of nitrogens with one attached hydrogen (secondary N) is 2. The Kier molecular flexibility index (Phi) is 5.35. The van der Waals surface area contributed by atoms with Crippen molar-refractivity contribution in [2.45, 2.75) is 13.5 Å². The summed E-state index contributed by atoms with van der Waals surface area (Å²) in [6.45, 7) is 2.15. The number of hydrogen-bond donors (Lipinski definition) is 2. The molecule has 0 spiro atoms. The zero-order valence-electron chi connectivity index (χ0n) is 13.5. The number of rotatable bonds is 5. The standard InChI is InChI=1S/C18H16BrN5O/c1-12-22-16(18(25)21-11-13-3-2-8-20-10-13)9-17(23-12)24-15-6-4-14(19)5-7-15/h2-10H,11H2,1H3,(H,21,25)(H,22,23,24). The summed E-state index contributed by atoms with van der Waals surface area (Å²) in [6.07, 6.45) is 3.41. The molecule has 0 atom stereocenters. The van der Waals surface area contributed by atoms with Crippen molar-refractivity contribution in [3.8, 4) is 0 Å². The van der Waals surface area contributed by atoms with Crippen LogP contribution >= 0.6 is 15.9 Å². The topological polar surface area (TPSA) is 79.8 Å². The Morgan fingerprint density at radius 2 is 1.96 bits per heavy atom. The zero-order chi connectivity index (χ0) is 17.6. The number of halogens is 1. The maximum absolute atomic E-state index is 12.4. The minimum Gasteiger partial charge on any atom is -0.347 e. The molecule has 6 nitrogen and oxygen atoms in total. The molecule has 7 heteroatoms. The van der Waals surface area contributed by atoms with Crippen LogP contribution < -0.4 is 10.6 Å². The number of aryl methyl sites for hydroxylation is 1. The molecule has 25 heavy (non-hydrogen) atoms. The first-order valence-electron chi connectivity index (χ1n) is 7.65. The summed E-state index contributed by atoms with van der Waals surface area (Å²) in [5, 5.41) is 6.02. The molecule has 1 aromatic carbocycles. The molecule has 126 valence electrons. The average molecular weight is 398 g/mol. The molecule has 0 fully saturated rings. The molecule has 0 radical (unpaired) electrons. The van der Waals surface area contributed by atoms with Crippen molar-refractivity contribution < 1.29 is 4.79 Å². The monoisotopic (exact) mass is 397 g/mol. The van der Waals surface area contributed by atoms with E-state index in [1.165, 1.54) is 0 Å². The maximum atomic E-state index is 12.4. The van der Waals surface area contributed by atoms with Gasteiger partial charge in [0, 0.05) is 35.2 Å². The van der Waals surface area contributed by atoms with Crippen LogP contribution in [0, 0.1) is 6.92 Å². The van der Waals surface area contributed by atoms with Crippen molar-refractivity contribution >= 4 is 33.3 Å². The Bertz CT molecular complexity index is 868. The van der Waals surface area contributed by atoms with Crippen molar-refractivity contribution in [1.82, 2.24) is 20.3 Å². The van der Waals surface area contributed by atoms with E-state index in [1.54, 1.807) is 25.4 Å². The number of carbonyl (C=O) groups excluding carboxylic acids is 1. The molecule has 0 aliphatic heterocycles. The third-order valence-electron chi connectivity index (χ3n) is 3.36. The van der Waals surface area contributed by atoms with Crippen LogP contribution in [0.3, 0.4) is 0 Å². The van der Waals surface area contributed by atoms with Crippen LogP contribution in [0.2, 0.25) is 0 Å². The Morgan fingerprint density at radius 1 is 1.16 bits per heavy atom. The lowest BCUT2D eigenvalue weighted by Crippen LogP contribution is -2.24. The lowest BCUT2D eigenvalue weighted by molar-refractivity contribution is 0.0945. The van der Waals surface area contributed by atoms with Crippen molar-refractivity contribution in [1.29, 1.82) is 0 Å². The number of nitrogens with zero attached hydrogens (tertiary/aromatic N) is 3. The van der Waals surface area contributed by atoms with Gasteiger partial charge < -0.3 is 10.6 Å². The van der Waals surface area contributed by atoms with Crippen molar-refractivity contribution in [3.05, 3.63) is 76.4 Å². The van der Waals surface area contributed by atoms with Gasteiger partial charge in [0.25, 0.3) is 5.91 Å². The van der Waals surface area contributed by atoms with Gasteiger partial charge in [0.15, 0.2) is 0 Å². The molecule has 0 saturated heterocycles. The summed E-state index contributed by atoms with van der Waals surface area (Å²) in [5.74, 6) is 0.836. The van der Waals surface area contributed by atoms with E-state index in [4.69, 9.17) is 0 Å². The van der Waals surface area contributed by atoms with Crippen molar-refractivity contribution in [2.75, 3.05) is 5.32 Å². The van der Waals surface area contributed by atoms with Crippen LogP contribution in [0.1, 0.15) is 21.9 Å². The van der Waals surface area contributed by atoms with Crippen LogP contribution in [0.25, 0.3) is 0 Å². The number of benzene rings is 1. The summed E-state index contributed by atoms with van der Waals surface area (Å²) in [4.78, 5) is 24.9. The molecule has 2 N–H and O–H groups in total. The second kappa shape index (κ2) is 7.85. The van der Waals surface area contributed by atoms with Crippen LogP contribution in [0.4, 0.5) is 11.5 Å². The van der Waals surface area contributed by atoms with Gasteiger partial charge >= 0.3 is 0 Å². The summed E-state index contributed by atoms with van der Waals surface area (Å²) in [6, 6.07) is 13.1. The highest BCUT2D eigenvalue weighted by molar-refractivity contribution is 9.10. The Morgan fingerprint density at radius 3 is 2.68 bits per heavy atom. The van der Waals surface area contributed by atoms with Crippen LogP contribution in [-0.4, -0.2) is 20.9 Å². The number of amides is 1. The summed E-state index contributed by atoms with van der Waals surface area (Å²) in [7, 11) is 0. The van der Waals surface area contributed by atoms with E-state index in [0.29, 0.717) is 23.9 Å². The Hall–Kier alpha value is -2.80. The van der Waals surface area contributed by atoms with Crippen LogP contribution in [-0.2, 0) is 6.54 Å². The number of pyridine rings is 1. The molecule has 2 aromatic heterocycles. The summed E-state index contributed by atoms with van der Waals surface area (Å²) >= 11 is 3.40. The average Bonchev–Trinajstić information content (AvgIpc) is 2.62. The lowest BCUT2D eigenvalue weighted by Gasteiger charge is -2.09. The summed E-state index contributed by atoms with van der Waals surface area (Å²) < 4.78 is 0.993. The molecule has 0 bridgehead atoms. The Labute approximate surface area is 153 Å². The van der Waals surface area contributed by atoms with Gasteiger partial charge in [-0.05, 0) is 42.8 Å². The third-order valence-corrected chi connectivity index (χ3v) is 3.89. The first kappa shape index (κ1) is 17.0. The molecule has 3 rings (SSSR count). The molecular formula is C18H16BrN5O. The maximum Gasteiger partial charge on any atom is 0.270 e. The summed E-state index contributed by atoms with van der Waals surface area (Å²) in [5.41, 5.74) is 2.12. The largest absolute Gasteiger partial charge is 0.347 e. The quantitative estimate of drug-likeness (QED) is 0.687. The molecule has 2 heterocycles. The van der Waals surface area contributed by atoms with Crippen LogP contribution in [0.15, 0.2) is 59.3 Å². The van der Waals surface area contributed by atoms with Crippen LogP contribution in [0.5, 0.6) is 0 Å². The molecule has 0 aliphatic carbocycles. The van der Waals surface area contributed by atoms with E-state index >= 15 is 0 Å². The fourth-order valence-corrected chi connectivity index (χ4v) is 2.47. The second-order valence-electron chi connectivity index (χ2n) is 5.36. The SMILES string of the molecule is Cc1nc(Nc2ccc(Br)cc2)cc(C(=O)NCc2cccnc2)n1. The predicted molar refractivity (Wildman–Crippen MR) is 99.6 cm³/mol. The fraction of sp³-hybridized carbons (Fsp3) is 0.111. The number of aromatic nitrogens is 3. The van der Waals surface area contributed by atoms with E-state index in [1.807, 2.05) is 36.4 Å². The first-order valence-corrected chi connectivity index (χ1v) is 8.45. The smallest absolute Gasteiger partial charge is 0.270 e. The molecular weight excluding hydrogens is 382 g/mol. The minimum atomic E-state index is -0.256. The van der Waals surface area contributed by atoms with Crippen molar-refractivity contribution in [3.63, 3.8) is 0 Å². The molecule has 1 amide bonds. The normalized spacial score (nSPS) is 10.3. The van der Waals surface area contributed by atoms with Gasteiger partial charge in [-0.1, -0.05) is 22.0 Å². The predicted octanol–water partition coefficient (Wildman–Crippen LogP) is 3.62. The molecule has 0 saturated carbocycles. The van der Waals surface area contributed by atoms with Gasteiger partial charge in [-0.15, -0.1) is 0 Å². The Balaban J connectivity index is 1.72. The fourth-order valence-electron chi connectivity index (χ4n) is 2.20. The van der Waals surface area contributed by atoms with Gasteiger partial charge in [-0.2, -0.15) is 0 Å². The van der Waals surface area contributed by atoms with Gasteiger partial charge in [0.2, 0.25) is 0 Å². The van der Waals surface area contributed by atoms with E-state index in [2.05, 4.69) is 41.5 Å². The molecule has 3 aromatic rings. The molecule has 0 aliphatic rings. The van der Waals surface area contributed by atoms with E-state index in [-0.39, 0.29) is 5.91 Å². The van der Waals surface area contributed by atoms with Gasteiger partial charge in [0.1, 0.15) is 17.3 Å². The number of hydrogen-bond acceptors (Lipinski definition) is 5. The van der Waals surface area contributed by atoms with Gasteiger partial charge in [-0.25, -0.2) is 9.97 Å². The highest BCUT2D eigenvalue weighted by atomic mass is 79.9. The first-order chi connectivity index (χ1) is 12.1. The van der Waals surface area contributed by atoms with E-state index < -0.39 is 0 Å². The van der Waals surface area contributed by atoms with E-state index in [0.717, 1.165) is 15.7 Å². The zero-order valence-corrected chi connectivity index (χ0v) is 15.1. The van der Waals surface area contributed by atoms with Gasteiger partial charge in [0.05, 0.1) is 0 Å².